The second-order valence-corrected chi connectivity index (χ2v) is 8.89. The highest BCUT2D eigenvalue weighted by atomic mass is 16.1. The smallest absolute Gasteiger partial charge is 0.251 e. The molecule has 1 amide bonds. The van der Waals surface area contributed by atoms with Crippen molar-refractivity contribution >= 4 is 11.6 Å². The van der Waals surface area contributed by atoms with E-state index in [2.05, 4.69) is 48.0 Å². The number of likely N-dealkylation sites (tertiary alicyclic amines) is 1. The third-order valence-electron chi connectivity index (χ3n) is 5.80. The summed E-state index contributed by atoms with van der Waals surface area (Å²) in [4.78, 5) is 17.6. The third kappa shape index (κ3) is 5.23. The molecule has 0 spiro atoms. The van der Waals surface area contributed by atoms with E-state index >= 15 is 0 Å². The number of carbonyl (C=O) groups excluding carboxylic acids is 1. The second kappa shape index (κ2) is 8.43. The van der Waals surface area contributed by atoms with Crippen LogP contribution in [0, 0.1) is 5.92 Å². The topological polar surface area (TPSA) is 35.6 Å². The van der Waals surface area contributed by atoms with Gasteiger partial charge in [-0.2, -0.15) is 0 Å². The molecular formula is C22H35N3O. The van der Waals surface area contributed by atoms with Crippen molar-refractivity contribution in [2.24, 2.45) is 5.92 Å². The fraction of sp³-hybridized carbons (Fsp3) is 0.682. The molecule has 1 N–H and O–H groups in total. The van der Waals surface area contributed by atoms with Gasteiger partial charge in [-0.05, 0) is 82.8 Å². The van der Waals surface area contributed by atoms with Crippen LogP contribution in [-0.4, -0.2) is 49.1 Å². The van der Waals surface area contributed by atoms with Crippen LogP contribution in [0.5, 0.6) is 0 Å². The number of hydrogen-bond donors (Lipinski definition) is 1. The predicted molar refractivity (Wildman–Crippen MR) is 109 cm³/mol. The van der Waals surface area contributed by atoms with Crippen molar-refractivity contribution in [2.45, 2.75) is 58.4 Å². The maximum Gasteiger partial charge on any atom is 0.251 e. The zero-order valence-electron chi connectivity index (χ0n) is 16.8. The van der Waals surface area contributed by atoms with E-state index in [-0.39, 0.29) is 11.4 Å². The van der Waals surface area contributed by atoms with E-state index < -0.39 is 0 Å². The summed E-state index contributed by atoms with van der Waals surface area (Å²) >= 11 is 0. The van der Waals surface area contributed by atoms with E-state index in [1.807, 2.05) is 12.1 Å². The average molecular weight is 358 g/mol. The molecule has 0 aromatic heterocycles. The number of nitrogens with zero attached hydrogens (tertiary/aromatic N) is 2. The Kier molecular flexibility index (Phi) is 6.23. The molecule has 26 heavy (non-hydrogen) atoms. The summed E-state index contributed by atoms with van der Waals surface area (Å²) in [6, 6.07) is 8.14. The van der Waals surface area contributed by atoms with Gasteiger partial charge < -0.3 is 15.1 Å². The second-order valence-electron chi connectivity index (χ2n) is 8.89. The number of anilines is 1. The lowest BCUT2D eigenvalue weighted by atomic mass is 9.98. The van der Waals surface area contributed by atoms with Crippen LogP contribution in [0.4, 0.5) is 5.69 Å². The first-order valence-corrected chi connectivity index (χ1v) is 10.3. The first-order valence-electron chi connectivity index (χ1n) is 10.3. The van der Waals surface area contributed by atoms with Gasteiger partial charge in [0.2, 0.25) is 0 Å². The van der Waals surface area contributed by atoms with E-state index in [1.165, 1.54) is 37.8 Å². The minimum atomic E-state index is -0.212. The van der Waals surface area contributed by atoms with Gasteiger partial charge in [0.15, 0.2) is 0 Å². The largest absolute Gasteiger partial charge is 0.372 e. The summed E-state index contributed by atoms with van der Waals surface area (Å²) in [6.07, 6.45) is 6.41. The molecule has 1 aromatic rings. The minimum absolute atomic E-state index is 0.0332. The van der Waals surface area contributed by atoms with Crippen LogP contribution >= 0.6 is 0 Å². The summed E-state index contributed by atoms with van der Waals surface area (Å²) in [5, 5.41) is 3.23. The molecule has 1 aromatic carbocycles. The number of piperidine rings is 2. The predicted octanol–water partition coefficient (Wildman–Crippen LogP) is 3.92. The molecule has 2 aliphatic rings. The standard InChI is InChI=1S/C22H35N3O/c1-18-11-15-25(16-12-18)20-9-7-19(8-10-20)21(26)23-22(2,3)17-24-13-5-4-6-14-24/h7-10,18H,4-6,11-17H2,1-3H3,(H,23,26). The van der Waals surface area contributed by atoms with Gasteiger partial charge in [-0.3, -0.25) is 4.79 Å². The molecular weight excluding hydrogens is 322 g/mol. The normalized spacial score (nSPS) is 20.2. The zero-order chi connectivity index (χ0) is 18.6. The van der Waals surface area contributed by atoms with Gasteiger partial charge in [0.05, 0.1) is 0 Å². The number of amides is 1. The molecule has 4 heteroatoms. The molecule has 0 radical (unpaired) electrons. The zero-order valence-corrected chi connectivity index (χ0v) is 16.8. The van der Waals surface area contributed by atoms with E-state index in [0.717, 1.165) is 44.2 Å². The highest BCUT2D eigenvalue weighted by Gasteiger charge is 2.25. The molecule has 0 aliphatic carbocycles. The number of carbonyl (C=O) groups is 1. The van der Waals surface area contributed by atoms with Gasteiger partial charge in [-0.1, -0.05) is 13.3 Å². The Morgan fingerprint density at radius 2 is 1.65 bits per heavy atom. The number of hydrogen-bond acceptors (Lipinski definition) is 3. The summed E-state index contributed by atoms with van der Waals surface area (Å²) in [7, 11) is 0. The minimum Gasteiger partial charge on any atom is -0.372 e. The lowest BCUT2D eigenvalue weighted by Crippen LogP contribution is -2.52. The van der Waals surface area contributed by atoms with E-state index in [4.69, 9.17) is 0 Å². The lowest BCUT2D eigenvalue weighted by molar-refractivity contribution is 0.0878. The molecule has 0 unspecified atom stereocenters. The Morgan fingerprint density at radius 3 is 2.27 bits per heavy atom. The highest BCUT2D eigenvalue weighted by molar-refractivity contribution is 5.95. The van der Waals surface area contributed by atoms with Crippen LogP contribution in [0.2, 0.25) is 0 Å². The number of rotatable bonds is 5. The Hall–Kier alpha value is -1.55. The van der Waals surface area contributed by atoms with Crippen molar-refractivity contribution in [3.05, 3.63) is 29.8 Å². The Labute approximate surface area is 158 Å². The molecule has 4 nitrogen and oxygen atoms in total. The molecule has 144 valence electrons. The number of nitrogens with one attached hydrogen (secondary N) is 1. The summed E-state index contributed by atoms with van der Waals surface area (Å²) < 4.78 is 0. The van der Waals surface area contributed by atoms with Crippen LogP contribution in [0.25, 0.3) is 0 Å². The van der Waals surface area contributed by atoms with Gasteiger partial charge in [0.25, 0.3) is 5.91 Å². The van der Waals surface area contributed by atoms with E-state index in [9.17, 15) is 4.79 Å². The molecule has 2 aliphatic heterocycles. The SMILES string of the molecule is CC1CCN(c2ccc(C(=O)NC(C)(C)CN3CCCCC3)cc2)CC1. The maximum atomic E-state index is 12.7. The summed E-state index contributed by atoms with van der Waals surface area (Å²) in [6.45, 7) is 12.1. The Balaban J connectivity index is 1.55. The molecule has 2 fully saturated rings. The molecule has 0 saturated carbocycles. The van der Waals surface area contributed by atoms with Crippen LogP contribution in [-0.2, 0) is 0 Å². The van der Waals surface area contributed by atoms with Crippen molar-refractivity contribution in [1.29, 1.82) is 0 Å². The lowest BCUT2D eigenvalue weighted by Gasteiger charge is -2.35. The molecule has 2 heterocycles. The third-order valence-corrected chi connectivity index (χ3v) is 5.80. The Morgan fingerprint density at radius 1 is 1.04 bits per heavy atom. The van der Waals surface area contributed by atoms with E-state index in [1.54, 1.807) is 0 Å². The van der Waals surface area contributed by atoms with Gasteiger partial charge in [-0.25, -0.2) is 0 Å². The molecule has 0 atom stereocenters. The Bertz CT molecular complexity index is 582. The molecule has 0 bridgehead atoms. The maximum absolute atomic E-state index is 12.7. The summed E-state index contributed by atoms with van der Waals surface area (Å²) in [5.74, 6) is 0.865. The van der Waals surface area contributed by atoms with Gasteiger partial charge in [-0.15, -0.1) is 0 Å². The fourth-order valence-electron chi connectivity index (χ4n) is 4.19. The van der Waals surface area contributed by atoms with Crippen molar-refractivity contribution in [3.63, 3.8) is 0 Å². The van der Waals surface area contributed by atoms with Crippen LogP contribution in [0.1, 0.15) is 63.2 Å². The van der Waals surface area contributed by atoms with Crippen molar-refractivity contribution in [1.82, 2.24) is 10.2 Å². The van der Waals surface area contributed by atoms with Crippen molar-refractivity contribution in [3.8, 4) is 0 Å². The van der Waals surface area contributed by atoms with Gasteiger partial charge >= 0.3 is 0 Å². The van der Waals surface area contributed by atoms with Gasteiger partial charge in [0.1, 0.15) is 0 Å². The highest BCUT2D eigenvalue weighted by Crippen LogP contribution is 2.23. The van der Waals surface area contributed by atoms with Crippen molar-refractivity contribution < 1.29 is 4.79 Å². The van der Waals surface area contributed by atoms with Crippen LogP contribution < -0.4 is 10.2 Å². The fourth-order valence-corrected chi connectivity index (χ4v) is 4.19. The molecule has 3 rings (SSSR count). The average Bonchev–Trinajstić information content (AvgIpc) is 2.62. The first kappa shape index (κ1) is 19.2. The monoisotopic (exact) mass is 357 g/mol. The van der Waals surface area contributed by atoms with Crippen LogP contribution in [0.3, 0.4) is 0 Å². The molecule has 2 saturated heterocycles. The quantitative estimate of drug-likeness (QED) is 0.868. The first-order chi connectivity index (χ1) is 12.4. The van der Waals surface area contributed by atoms with Gasteiger partial charge in [0, 0.05) is 36.4 Å². The summed E-state index contributed by atoms with van der Waals surface area (Å²) in [5.41, 5.74) is 1.78. The number of benzene rings is 1. The van der Waals surface area contributed by atoms with Crippen molar-refractivity contribution in [2.75, 3.05) is 37.6 Å². The van der Waals surface area contributed by atoms with Crippen LogP contribution in [0.15, 0.2) is 24.3 Å². The van der Waals surface area contributed by atoms with E-state index in [0.29, 0.717) is 0 Å².